The molecule has 106 valence electrons. The number of benzene rings is 2. The lowest BCUT2D eigenvalue weighted by atomic mass is 10.1. The molecule has 0 atom stereocenters. The quantitative estimate of drug-likeness (QED) is 0.685. The first-order valence-electron chi connectivity index (χ1n) is 6.24. The number of aryl methyl sites for hydroxylation is 2. The third-order valence-corrected chi connectivity index (χ3v) is 3.61. The first-order chi connectivity index (χ1) is 9.51. The first-order valence-corrected chi connectivity index (χ1v) is 7.15. The van der Waals surface area contributed by atoms with Crippen molar-refractivity contribution in [2.75, 3.05) is 0 Å². The van der Waals surface area contributed by atoms with Crippen molar-refractivity contribution >= 4 is 23.2 Å². The van der Waals surface area contributed by atoms with Crippen molar-refractivity contribution in [3.63, 3.8) is 0 Å². The molecule has 0 N–H and O–H groups in total. The van der Waals surface area contributed by atoms with Gasteiger partial charge in [0.1, 0.15) is 18.2 Å². The van der Waals surface area contributed by atoms with Crippen LogP contribution in [-0.2, 0) is 12.5 Å². The Kier molecular flexibility index (Phi) is 4.90. The average Bonchev–Trinajstić information content (AvgIpc) is 2.39. The predicted octanol–water partition coefficient (Wildman–Crippen LogP) is 5.41. The Morgan fingerprint density at radius 2 is 1.75 bits per heavy atom. The third-order valence-electron chi connectivity index (χ3n) is 3.06. The van der Waals surface area contributed by atoms with Crippen molar-refractivity contribution in [1.29, 1.82) is 0 Å². The number of alkyl halides is 1. The number of ether oxygens (including phenoxy) is 1. The highest BCUT2D eigenvalue weighted by Crippen LogP contribution is 2.27. The van der Waals surface area contributed by atoms with E-state index in [1.807, 2.05) is 26.0 Å². The smallest absolute Gasteiger partial charge is 0.131 e. The minimum absolute atomic E-state index is 0.172. The highest BCUT2D eigenvalue weighted by atomic mass is 35.5. The molecule has 0 aliphatic carbocycles. The van der Waals surface area contributed by atoms with Gasteiger partial charge >= 0.3 is 0 Å². The monoisotopic (exact) mass is 312 g/mol. The lowest BCUT2D eigenvalue weighted by Crippen LogP contribution is -2.02. The highest BCUT2D eigenvalue weighted by Gasteiger charge is 2.09. The molecule has 0 saturated carbocycles. The molecule has 0 aliphatic rings. The van der Waals surface area contributed by atoms with E-state index >= 15 is 0 Å². The van der Waals surface area contributed by atoms with Gasteiger partial charge in [-0.2, -0.15) is 0 Å². The van der Waals surface area contributed by atoms with E-state index in [2.05, 4.69) is 0 Å². The molecule has 0 bridgehead atoms. The molecular formula is C16H15Cl2FO. The molecule has 0 aromatic heterocycles. The van der Waals surface area contributed by atoms with Crippen LogP contribution in [0.4, 0.5) is 4.39 Å². The lowest BCUT2D eigenvalue weighted by Gasteiger charge is -2.14. The Labute approximate surface area is 128 Å². The van der Waals surface area contributed by atoms with Gasteiger partial charge in [0.2, 0.25) is 0 Å². The molecule has 0 aliphatic heterocycles. The Morgan fingerprint density at radius 3 is 2.30 bits per heavy atom. The second-order valence-electron chi connectivity index (χ2n) is 4.72. The Hall–Kier alpha value is -1.25. The van der Waals surface area contributed by atoms with E-state index in [1.165, 1.54) is 6.07 Å². The molecular weight excluding hydrogens is 298 g/mol. The van der Waals surface area contributed by atoms with Gasteiger partial charge in [0.05, 0.1) is 0 Å². The maximum atomic E-state index is 13.7. The van der Waals surface area contributed by atoms with Gasteiger partial charge in [-0.3, -0.25) is 0 Å². The van der Waals surface area contributed by atoms with E-state index < -0.39 is 0 Å². The predicted molar refractivity (Wildman–Crippen MR) is 81.2 cm³/mol. The zero-order valence-electron chi connectivity index (χ0n) is 11.3. The van der Waals surface area contributed by atoms with Crippen molar-refractivity contribution in [1.82, 2.24) is 0 Å². The second kappa shape index (κ2) is 6.47. The maximum Gasteiger partial charge on any atom is 0.131 e. The number of halogens is 3. The average molecular weight is 313 g/mol. The topological polar surface area (TPSA) is 9.23 Å². The summed E-state index contributed by atoms with van der Waals surface area (Å²) in [6.07, 6.45) is 0. The van der Waals surface area contributed by atoms with Crippen molar-refractivity contribution in [2.45, 2.75) is 26.3 Å². The van der Waals surface area contributed by atoms with E-state index in [9.17, 15) is 4.39 Å². The first kappa shape index (κ1) is 15.1. The van der Waals surface area contributed by atoms with Crippen LogP contribution in [0.25, 0.3) is 0 Å². The molecule has 0 amide bonds. The van der Waals surface area contributed by atoms with Crippen LogP contribution in [0.2, 0.25) is 5.02 Å². The molecule has 0 fully saturated rings. The van der Waals surface area contributed by atoms with E-state index in [4.69, 9.17) is 27.9 Å². The van der Waals surface area contributed by atoms with E-state index in [0.29, 0.717) is 16.5 Å². The Morgan fingerprint density at radius 1 is 1.10 bits per heavy atom. The summed E-state index contributed by atoms with van der Waals surface area (Å²) in [5.74, 6) is 0.881. The molecule has 0 saturated heterocycles. The van der Waals surface area contributed by atoms with Crippen molar-refractivity contribution in [3.05, 3.63) is 63.4 Å². The Bertz CT molecular complexity index is 603. The van der Waals surface area contributed by atoms with Gasteiger partial charge in [0, 0.05) is 16.5 Å². The van der Waals surface area contributed by atoms with Crippen molar-refractivity contribution < 1.29 is 9.13 Å². The zero-order chi connectivity index (χ0) is 14.7. The number of hydrogen-bond donors (Lipinski definition) is 0. The Balaban J connectivity index is 2.19. The molecule has 1 nitrogen and oxygen atoms in total. The summed E-state index contributed by atoms with van der Waals surface area (Å²) in [7, 11) is 0. The molecule has 0 radical (unpaired) electrons. The van der Waals surface area contributed by atoms with Crippen LogP contribution in [0.3, 0.4) is 0 Å². The lowest BCUT2D eigenvalue weighted by molar-refractivity contribution is 0.295. The molecule has 20 heavy (non-hydrogen) atoms. The van der Waals surface area contributed by atoms with Gasteiger partial charge in [-0.05, 0) is 42.7 Å². The molecule has 0 unspecified atom stereocenters. The molecule has 2 aromatic rings. The summed E-state index contributed by atoms with van der Waals surface area (Å²) in [5.41, 5.74) is 3.52. The summed E-state index contributed by atoms with van der Waals surface area (Å²) in [5, 5.41) is 0.380. The largest absolute Gasteiger partial charge is 0.488 e. The molecule has 0 spiro atoms. The van der Waals surface area contributed by atoms with Gasteiger partial charge < -0.3 is 4.74 Å². The summed E-state index contributed by atoms with van der Waals surface area (Å²) in [6, 6.07) is 8.53. The molecule has 2 rings (SSSR count). The summed E-state index contributed by atoms with van der Waals surface area (Å²) in [6.45, 7) is 4.08. The fourth-order valence-corrected chi connectivity index (χ4v) is 2.45. The fourth-order valence-electron chi connectivity index (χ4n) is 2.13. The van der Waals surface area contributed by atoms with Crippen LogP contribution in [0, 0.1) is 19.7 Å². The van der Waals surface area contributed by atoms with Crippen LogP contribution in [0.5, 0.6) is 5.75 Å². The standard InChI is InChI=1S/C16H15Cl2FO/c1-10-5-12(8-17)6-11(2)16(10)20-9-13-3-4-14(18)7-15(13)19/h3-7H,8-9H2,1-2H3. The van der Waals surface area contributed by atoms with Gasteiger partial charge in [-0.15, -0.1) is 11.6 Å². The van der Waals surface area contributed by atoms with Gasteiger partial charge in [-0.25, -0.2) is 4.39 Å². The highest BCUT2D eigenvalue weighted by molar-refractivity contribution is 6.30. The van der Waals surface area contributed by atoms with E-state index in [-0.39, 0.29) is 12.4 Å². The third kappa shape index (κ3) is 3.44. The van der Waals surface area contributed by atoms with Gasteiger partial charge in [0.15, 0.2) is 0 Å². The molecule has 2 aromatic carbocycles. The minimum Gasteiger partial charge on any atom is -0.488 e. The molecule has 4 heteroatoms. The van der Waals surface area contributed by atoms with Crippen LogP contribution in [-0.4, -0.2) is 0 Å². The normalized spacial score (nSPS) is 10.7. The van der Waals surface area contributed by atoms with Crippen LogP contribution in [0.1, 0.15) is 22.3 Å². The molecule has 0 heterocycles. The van der Waals surface area contributed by atoms with Gasteiger partial charge in [-0.1, -0.05) is 29.8 Å². The van der Waals surface area contributed by atoms with Crippen LogP contribution >= 0.6 is 23.2 Å². The van der Waals surface area contributed by atoms with Gasteiger partial charge in [0.25, 0.3) is 0 Å². The van der Waals surface area contributed by atoms with Crippen molar-refractivity contribution in [2.24, 2.45) is 0 Å². The minimum atomic E-state index is -0.356. The second-order valence-corrected chi connectivity index (χ2v) is 5.42. The maximum absolute atomic E-state index is 13.7. The van der Waals surface area contributed by atoms with Crippen LogP contribution < -0.4 is 4.74 Å². The number of rotatable bonds is 4. The van der Waals surface area contributed by atoms with Crippen LogP contribution in [0.15, 0.2) is 30.3 Å². The summed E-state index contributed by atoms with van der Waals surface area (Å²) in [4.78, 5) is 0. The van der Waals surface area contributed by atoms with Crippen molar-refractivity contribution in [3.8, 4) is 5.75 Å². The SMILES string of the molecule is Cc1cc(CCl)cc(C)c1OCc1ccc(Cl)cc1F. The van der Waals surface area contributed by atoms with E-state index in [0.717, 1.165) is 22.4 Å². The fraction of sp³-hybridized carbons (Fsp3) is 0.250. The number of hydrogen-bond acceptors (Lipinski definition) is 1. The summed E-state index contributed by atoms with van der Waals surface area (Å²) < 4.78 is 19.4. The zero-order valence-corrected chi connectivity index (χ0v) is 12.9. The summed E-state index contributed by atoms with van der Waals surface area (Å²) >= 11 is 11.6. The van der Waals surface area contributed by atoms with E-state index in [1.54, 1.807) is 12.1 Å².